The molecule has 0 aliphatic heterocycles. The lowest BCUT2D eigenvalue weighted by atomic mass is 10.1. The number of carbonyl (C=O) groups is 3. The van der Waals surface area contributed by atoms with Crippen LogP contribution < -0.4 is 5.32 Å². The van der Waals surface area contributed by atoms with Gasteiger partial charge in [-0.25, -0.2) is 18.0 Å². The quantitative estimate of drug-likeness (QED) is 0.373. The molecule has 0 saturated carbocycles. The van der Waals surface area contributed by atoms with Crippen molar-refractivity contribution in [2.75, 3.05) is 26.1 Å². The average molecular weight is 589 g/mol. The van der Waals surface area contributed by atoms with E-state index in [-0.39, 0.29) is 28.3 Å². The number of carbonyl (C=O) groups excluding carboxylic acids is 3. The van der Waals surface area contributed by atoms with Gasteiger partial charge in [-0.1, -0.05) is 45.8 Å². The van der Waals surface area contributed by atoms with Crippen molar-refractivity contribution in [3.8, 4) is 0 Å². The number of benzene rings is 3. The standard InChI is InChI=1S/C26H25BrN2O7S/c1-17-4-6-18(7-5-17)15-29(37(33,34)23-10-8-21(27)9-11-23)16-24(30)28-22-13-19(25(31)35-2)12-20(14-22)26(32)36-3/h4-14H,15-16H2,1-3H3,(H,28,30). The fourth-order valence-corrected chi connectivity index (χ4v) is 5.06. The van der Waals surface area contributed by atoms with Gasteiger partial charge in [0, 0.05) is 16.7 Å². The maximum absolute atomic E-state index is 13.5. The third-order valence-corrected chi connectivity index (χ3v) is 7.64. The Balaban J connectivity index is 1.92. The van der Waals surface area contributed by atoms with E-state index in [2.05, 4.69) is 21.2 Å². The second-order valence-corrected chi connectivity index (χ2v) is 10.9. The smallest absolute Gasteiger partial charge is 0.337 e. The van der Waals surface area contributed by atoms with Crippen molar-refractivity contribution in [2.24, 2.45) is 0 Å². The third-order valence-electron chi connectivity index (χ3n) is 5.31. The van der Waals surface area contributed by atoms with E-state index in [9.17, 15) is 22.8 Å². The molecule has 0 spiro atoms. The molecule has 0 aliphatic rings. The van der Waals surface area contributed by atoms with Gasteiger partial charge in [0.1, 0.15) is 0 Å². The van der Waals surface area contributed by atoms with Crippen LogP contribution in [0.25, 0.3) is 0 Å². The Morgan fingerprint density at radius 3 is 1.92 bits per heavy atom. The van der Waals surface area contributed by atoms with Crippen molar-refractivity contribution < 1.29 is 32.3 Å². The highest BCUT2D eigenvalue weighted by Crippen LogP contribution is 2.22. The predicted octanol–water partition coefficient (Wildman–Crippen LogP) is 4.16. The first-order valence-electron chi connectivity index (χ1n) is 11.0. The zero-order chi connectivity index (χ0) is 27.2. The van der Waals surface area contributed by atoms with E-state index in [1.807, 2.05) is 19.1 Å². The van der Waals surface area contributed by atoms with Gasteiger partial charge >= 0.3 is 11.9 Å². The van der Waals surface area contributed by atoms with Crippen molar-refractivity contribution in [2.45, 2.75) is 18.4 Å². The summed E-state index contributed by atoms with van der Waals surface area (Å²) in [6.45, 7) is 1.34. The van der Waals surface area contributed by atoms with Gasteiger partial charge in [-0.15, -0.1) is 0 Å². The Bertz CT molecular complexity index is 1370. The highest BCUT2D eigenvalue weighted by atomic mass is 79.9. The number of esters is 2. The molecule has 1 amide bonds. The molecule has 0 aromatic heterocycles. The average Bonchev–Trinajstić information content (AvgIpc) is 2.88. The van der Waals surface area contributed by atoms with Crippen LogP contribution in [0.3, 0.4) is 0 Å². The maximum atomic E-state index is 13.5. The Hall–Kier alpha value is -3.54. The second kappa shape index (κ2) is 12.1. The summed E-state index contributed by atoms with van der Waals surface area (Å²) in [5.41, 5.74) is 1.83. The number of nitrogens with one attached hydrogen (secondary N) is 1. The molecule has 0 fully saturated rings. The lowest BCUT2D eigenvalue weighted by Crippen LogP contribution is -2.37. The first-order chi connectivity index (χ1) is 17.5. The fraction of sp³-hybridized carbons (Fsp3) is 0.192. The second-order valence-electron chi connectivity index (χ2n) is 8.04. The largest absolute Gasteiger partial charge is 0.465 e. The molecule has 0 saturated heterocycles. The van der Waals surface area contributed by atoms with Gasteiger partial charge in [0.15, 0.2) is 0 Å². The van der Waals surface area contributed by atoms with Crippen LogP contribution in [0.15, 0.2) is 76.1 Å². The molecule has 0 unspecified atom stereocenters. The monoisotopic (exact) mass is 588 g/mol. The first kappa shape index (κ1) is 28.0. The number of halogens is 1. The summed E-state index contributed by atoms with van der Waals surface area (Å²) < 4.78 is 38.1. The molecule has 37 heavy (non-hydrogen) atoms. The van der Waals surface area contributed by atoms with Crippen molar-refractivity contribution in [1.29, 1.82) is 0 Å². The molecular formula is C26H25BrN2O7S. The zero-order valence-corrected chi connectivity index (χ0v) is 22.8. The SMILES string of the molecule is COC(=O)c1cc(NC(=O)CN(Cc2ccc(C)cc2)S(=O)(=O)c2ccc(Br)cc2)cc(C(=O)OC)c1. The molecule has 3 rings (SSSR count). The van der Waals surface area contributed by atoms with Crippen molar-refractivity contribution >= 4 is 49.5 Å². The summed E-state index contributed by atoms with van der Waals surface area (Å²) in [5, 5.41) is 2.57. The predicted molar refractivity (Wildman–Crippen MR) is 141 cm³/mol. The van der Waals surface area contributed by atoms with Gasteiger partial charge in [-0.05, 0) is 55.0 Å². The number of sulfonamides is 1. The summed E-state index contributed by atoms with van der Waals surface area (Å²) in [5.74, 6) is -2.12. The number of amides is 1. The Labute approximate surface area is 223 Å². The normalized spacial score (nSPS) is 11.2. The molecule has 3 aromatic rings. The molecule has 3 aromatic carbocycles. The van der Waals surface area contributed by atoms with Gasteiger partial charge < -0.3 is 14.8 Å². The highest BCUT2D eigenvalue weighted by molar-refractivity contribution is 9.10. The molecule has 0 heterocycles. The van der Waals surface area contributed by atoms with E-state index in [0.717, 1.165) is 9.87 Å². The van der Waals surface area contributed by atoms with Gasteiger partial charge in [-0.2, -0.15) is 4.31 Å². The summed E-state index contributed by atoms with van der Waals surface area (Å²) in [4.78, 5) is 37.2. The third kappa shape index (κ3) is 7.25. The molecular weight excluding hydrogens is 564 g/mol. The van der Waals surface area contributed by atoms with E-state index in [4.69, 9.17) is 9.47 Å². The number of nitrogens with zero attached hydrogens (tertiary/aromatic N) is 1. The van der Waals surface area contributed by atoms with Crippen molar-refractivity contribution in [1.82, 2.24) is 4.31 Å². The number of hydrogen-bond acceptors (Lipinski definition) is 7. The van der Waals surface area contributed by atoms with E-state index in [1.165, 1.54) is 44.6 Å². The maximum Gasteiger partial charge on any atom is 0.337 e. The number of methoxy groups -OCH3 is 2. The zero-order valence-electron chi connectivity index (χ0n) is 20.4. The molecule has 194 valence electrons. The molecule has 0 radical (unpaired) electrons. The van der Waals surface area contributed by atoms with Crippen LogP contribution in [0.2, 0.25) is 0 Å². The van der Waals surface area contributed by atoms with Crippen LogP contribution in [0.4, 0.5) is 5.69 Å². The lowest BCUT2D eigenvalue weighted by Gasteiger charge is -2.22. The van der Waals surface area contributed by atoms with Gasteiger partial charge in [0.25, 0.3) is 0 Å². The Morgan fingerprint density at radius 2 is 1.41 bits per heavy atom. The molecule has 9 nitrogen and oxygen atoms in total. The van der Waals surface area contributed by atoms with Gasteiger partial charge in [0.05, 0.1) is 36.8 Å². The van der Waals surface area contributed by atoms with Crippen molar-refractivity contribution in [3.63, 3.8) is 0 Å². The van der Waals surface area contributed by atoms with Crippen LogP contribution in [0.5, 0.6) is 0 Å². The van der Waals surface area contributed by atoms with Gasteiger partial charge in [0.2, 0.25) is 15.9 Å². The number of hydrogen-bond donors (Lipinski definition) is 1. The van der Waals surface area contributed by atoms with Gasteiger partial charge in [-0.3, -0.25) is 4.79 Å². The van der Waals surface area contributed by atoms with E-state index >= 15 is 0 Å². The van der Waals surface area contributed by atoms with E-state index in [1.54, 1.807) is 24.3 Å². The molecule has 0 aliphatic carbocycles. The topological polar surface area (TPSA) is 119 Å². The Kier molecular flexibility index (Phi) is 9.19. The van der Waals surface area contributed by atoms with E-state index < -0.39 is 34.4 Å². The molecule has 11 heteroatoms. The summed E-state index contributed by atoms with van der Waals surface area (Å²) in [6, 6.07) is 17.3. The first-order valence-corrected chi connectivity index (χ1v) is 13.2. The van der Waals surface area contributed by atoms with Crippen molar-refractivity contribution in [3.05, 3.63) is 93.5 Å². The van der Waals surface area contributed by atoms with Crippen LogP contribution in [-0.2, 0) is 30.8 Å². The highest BCUT2D eigenvalue weighted by Gasteiger charge is 2.27. The Morgan fingerprint density at radius 1 is 0.865 bits per heavy atom. The minimum Gasteiger partial charge on any atom is -0.465 e. The summed E-state index contributed by atoms with van der Waals surface area (Å²) in [7, 11) is -1.70. The van der Waals surface area contributed by atoms with E-state index in [0.29, 0.717) is 10.0 Å². The van der Waals surface area contributed by atoms with Crippen LogP contribution in [0.1, 0.15) is 31.8 Å². The molecule has 1 N–H and O–H groups in total. The molecule has 0 bridgehead atoms. The summed E-state index contributed by atoms with van der Waals surface area (Å²) in [6.07, 6.45) is 0. The summed E-state index contributed by atoms with van der Waals surface area (Å²) >= 11 is 3.29. The lowest BCUT2D eigenvalue weighted by molar-refractivity contribution is -0.116. The van der Waals surface area contributed by atoms with Crippen LogP contribution >= 0.6 is 15.9 Å². The van der Waals surface area contributed by atoms with Crippen LogP contribution in [-0.4, -0.2) is 51.3 Å². The number of ether oxygens (including phenoxy) is 2. The number of aryl methyl sites for hydroxylation is 1. The number of anilines is 1. The minimum absolute atomic E-state index is 0.0136. The van der Waals surface area contributed by atoms with Crippen LogP contribution in [0, 0.1) is 6.92 Å². The fourth-order valence-electron chi connectivity index (χ4n) is 3.41. The number of rotatable bonds is 9. The molecule has 0 atom stereocenters. The minimum atomic E-state index is -4.06.